The quantitative estimate of drug-likeness (QED) is 0.867. The minimum Gasteiger partial charge on any atom is -0.497 e. The van der Waals surface area contributed by atoms with Gasteiger partial charge in [-0.2, -0.15) is 5.10 Å². The van der Waals surface area contributed by atoms with Crippen LogP contribution in [0.3, 0.4) is 0 Å². The highest BCUT2D eigenvalue weighted by Gasteiger charge is 2.07. The highest BCUT2D eigenvalue weighted by molar-refractivity contribution is 5.30. The Labute approximate surface area is 114 Å². The summed E-state index contributed by atoms with van der Waals surface area (Å²) in [4.78, 5) is 0. The molecule has 1 unspecified atom stereocenters. The highest BCUT2D eigenvalue weighted by Crippen LogP contribution is 2.19. The maximum absolute atomic E-state index is 5.25. The summed E-state index contributed by atoms with van der Waals surface area (Å²) in [6.45, 7) is 5.97. The molecule has 4 nitrogen and oxygen atoms in total. The van der Waals surface area contributed by atoms with Gasteiger partial charge in [-0.05, 0) is 37.6 Å². The van der Waals surface area contributed by atoms with Gasteiger partial charge in [-0.3, -0.25) is 4.68 Å². The molecule has 0 amide bonds. The van der Waals surface area contributed by atoms with Crippen LogP contribution < -0.4 is 10.1 Å². The monoisotopic (exact) mass is 259 g/mol. The first kappa shape index (κ1) is 13.6. The summed E-state index contributed by atoms with van der Waals surface area (Å²) in [5.74, 6) is 0.893. The maximum atomic E-state index is 5.25. The molecule has 0 saturated carbocycles. The van der Waals surface area contributed by atoms with E-state index in [2.05, 4.69) is 42.5 Å². The number of benzene rings is 1. The Bertz CT molecular complexity index is 522. The first-order valence-electron chi connectivity index (χ1n) is 6.62. The fraction of sp³-hybridized carbons (Fsp3) is 0.400. The average molecular weight is 259 g/mol. The zero-order valence-electron chi connectivity index (χ0n) is 11.8. The fourth-order valence-corrected chi connectivity index (χ4v) is 2.08. The molecule has 4 heteroatoms. The summed E-state index contributed by atoms with van der Waals surface area (Å²) in [6, 6.07) is 10.5. The van der Waals surface area contributed by atoms with Crippen molar-refractivity contribution in [3.05, 3.63) is 47.8 Å². The van der Waals surface area contributed by atoms with E-state index >= 15 is 0 Å². The van der Waals surface area contributed by atoms with Gasteiger partial charge in [0.2, 0.25) is 0 Å². The second-order valence-electron chi connectivity index (χ2n) is 4.52. The summed E-state index contributed by atoms with van der Waals surface area (Å²) >= 11 is 0. The van der Waals surface area contributed by atoms with Gasteiger partial charge in [0.05, 0.1) is 12.8 Å². The number of aromatic nitrogens is 2. The number of hydrogen-bond acceptors (Lipinski definition) is 3. The highest BCUT2D eigenvalue weighted by atomic mass is 16.5. The minimum atomic E-state index is 0.273. The second kappa shape index (κ2) is 6.38. The van der Waals surface area contributed by atoms with Crippen molar-refractivity contribution >= 4 is 0 Å². The Hall–Kier alpha value is -1.81. The largest absolute Gasteiger partial charge is 0.497 e. The molecule has 1 N–H and O–H groups in total. The van der Waals surface area contributed by atoms with Crippen LogP contribution in [0.1, 0.15) is 31.1 Å². The van der Waals surface area contributed by atoms with Gasteiger partial charge in [0, 0.05) is 25.3 Å². The first-order valence-corrected chi connectivity index (χ1v) is 6.62. The minimum absolute atomic E-state index is 0.273. The Morgan fingerprint density at radius 1 is 1.37 bits per heavy atom. The van der Waals surface area contributed by atoms with Gasteiger partial charge >= 0.3 is 0 Å². The Morgan fingerprint density at radius 2 is 2.21 bits per heavy atom. The molecule has 0 radical (unpaired) electrons. The van der Waals surface area contributed by atoms with Crippen molar-refractivity contribution in [3.63, 3.8) is 0 Å². The summed E-state index contributed by atoms with van der Waals surface area (Å²) in [6.07, 6.45) is 1.84. The number of nitrogens with zero attached hydrogens (tertiary/aromatic N) is 2. The van der Waals surface area contributed by atoms with Gasteiger partial charge in [0.25, 0.3) is 0 Å². The third-order valence-electron chi connectivity index (χ3n) is 3.29. The fourth-order valence-electron chi connectivity index (χ4n) is 2.08. The van der Waals surface area contributed by atoms with Crippen molar-refractivity contribution < 1.29 is 4.74 Å². The van der Waals surface area contributed by atoms with E-state index in [1.165, 1.54) is 11.3 Å². The van der Waals surface area contributed by atoms with Crippen LogP contribution in [0.2, 0.25) is 0 Å². The van der Waals surface area contributed by atoms with E-state index in [0.29, 0.717) is 0 Å². The summed E-state index contributed by atoms with van der Waals surface area (Å²) in [5, 5.41) is 7.78. The lowest BCUT2D eigenvalue weighted by Crippen LogP contribution is -2.20. The van der Waals surface area contributed by atoms with Gasteiger partial charge in [0.15, 0.2) is 0 Å². The van der Waals surface area contributed by atoms with Crippen molar-refractivity contribution in [2.24, 2.45) is 0 Å². The number of ether oxygens (including phenoxy) is 1. The van der Waals surface area contributed by atoms with E-state index in [4.69, 9.17) is 4.74 Å². The van der Waals surface area contributed by atoms with Crippen LogP contribution in [0.5, 0.6) is 5.75 Å². The zero-order chi connectivity index (χ0) is 13.7. The van der Waals surface area contributed by atoms with Crippen LogP contribution >= 0.6 is 0 Å². The number of nitrogens with one attached hydrogen (secondary N) is 1. The first-order chi connectivity index (χ1) is 9.24. The van der Waals surface area contributed by atoms with Gasteiger partial charge in [0.1, 0.15) is 5.75 Å². The predicted molar refractivity (Wildman–Crippen MR) is 76.1 cm³/mol. The van der Waals surface area contributed by atoms with Crippen LogP contribution in [-0.4, -0.2) is 16.9 Å². The molecule has 2 aromatic rings. The lowest BCUT2D eigenvalue weighted by molar-refractivity contribution is 0.413. The topological polar surface area (TPSA) is 39.1 Å². The summed E-state index contributed by atoms with van der Waals surface area (Å²) in [7, 11) is 1.69. The van der Waals surface area contributed by atoms with E-state index in [9.17, 15) is 0 Å². The van der Waals surface area contributed by atoms with Crippen molar-refractivity contribution in [3.8, 4) is 5.75 Å². The van der Waals surface area contributed by atoms with Crippen LogP contribution in [0.25, 0.3) is 0 Å². The van der Waals surface area contributed by atoms with Crippen molar-refractivity contribution in [1.29, 1.82) is 0 Å². The Balaban J connectivity index is 1.99. The number of rotatable bonds is 6. The lowest BCUT2D eigenvalue weighted by Gasteiger charge is -2.15. The van der Waals surface area contributed by atoms with Crippen LogP contribution in [0, 0.1) is 0 Å². The smallest absolute Gasteiger partial charge is 0.119 e. The van der Waals surface area contributed by atoms with Crippen molar-refractivity contribution in [1.82, 2.24) is 15.1 Å². The molecule has 1 heterocycles. The summed E-state index contributed by atoms with van der Waals surface area (Å²) in [5.41, 5.74) is 2.43. The average Bonchev–Trinajstić information content (AvgIpc) is 2.92. The maximum Gasteiger partial charge on any atom is 0.119 e. The predicted octanol–water partition coefficient (Wildman–Crippen LogP) is 2.76. The van der Waals surface area contributed by atoms with Crippen molar-refractivity contribution in [2.45, 2.75) is 33.0 Å². The van der Waals surface area contributed by atoms with E-state index in [1.54, 1.807) is 7.11 Å². The normalized spacial score (nSPS) is 12.4. The van der Waals surface area contributed by atoms with Gasteiger partial charge in [-0.25, -0.2) is 0 Å². The molecule has 102 valence electrons. The number of aryl methyl sites for hydroxylation is 1. The zero-order valence-corrected chi connectivity index (χ0v) is 11.8. The standard InChI is InChI=1S/C15H21N3O/c1-4-18-14(8-9-17-18)11-16-12(2)13-6-5-7-15(10-13)19-3/h5-10,12,16H,4,11H2,1-3H3. The third-order valence-corrected chi connectivity index (χ3v) is 3.29. The molecule has 0 aliphatic heterocycles. The molecule has 1 atom stereocenters. The van der Waals surface area contributed by atoms with Gasteiger partial charge in [-0.15, -0.1) is 0 Å². The number of methoxy groups -OCH3 is 1. The molecular formula is C15H21N3O. The van der Waals surface area contributed by atoms with E-state index in [-0.39, 0.29) is 6.04 Å². The molecule has 0 saturated heterocycles. The Kier molecular flexibility index (Phi) is 4.58. The van der Waals surface area contributed by atoms with E-state index in [1.807, 2.05) is 23.0 Å². The molecule has 0 fully saturated rings. The molecule has 0 aliphatic rings. The lowest BCUT2D eigenvalue weighted by atomic mass is 10.1. The molecule has 0 spiro atoms. The van der Waals surface area contributed by atoms with Crippen LogP contribution in [0.15, 0.2) is 36.5 Å². The molecule has 0 bridgehead atoms. The van der Waals surface area contributed by atoms with E-state index < -0.39 is 0 Å². The van der Waals surface area contributed by atoms with Crippen molar-refractivity contribution in [2.75, 3.05) is 7.11 Å². The van der Waals surface area contributed by atoms with Gasteiger partial charge in [-0.1, -0.05) is 12.1 Å². The third kappa shape index (κ3) is 3.35. The molecule has 19 heavy (non-hydrogen) atoms. The van der Waals surface area contributed by atoms with Crippen LogP contribution in [-0.2, 0) is 13.1 Å². The number of hydrogen-bond donors (Lipinski definition) is 1. The molecule has 2 rings (SSSR count). The molecule has 1 aromatic carbocycles. The summed E-state index contributed by atoms with van der Waals surface area (Å²) < 4.78 is 7.26. The van der Waals surface area contributed by atoms with Crippen LogP contribution in [0.4, 0.5) is 0 Å². The molecular weight excluding hydrogens is 238 g/mol. The van der Waals surface area contributed by atoms with E-state index in [0.717, 1.165) is 18.8 Å². The second-order valence-corrected chi connectivity index (χ2v) is 4.52. The molecule has 0 aliphatic carbocycles. The Morgan fingerprint density at radius 3 is 2.95 bits per heavy atom. The SMILES string of the molecule is CCn1nccc1CNC(C)c1cccc(OC)c1. The van der Waals surface area contributed by atoms with Gasteiger partial charge < -0.3 is 10.1 Å². The molecule has 1 aromatic heterocycles.